The predicted molar refractivity (Wildman–Crippen MR) is 108 cm³/mol. The van der Waals surface area contributed by atoms with Crippen LogP contribution in [0.2, 0.25) is 0 Å². The first-order valence-corrected chi connectivity index (χ1v) is 10.2. The molecule has 4 rings (SSSR count). The van der Waals surface area contributed by atoms with Gasteiger partial charge in [-0.25, -0.2) is 9.97 Å². The second-order valence-electron chi connectivity index (χ2n) is 7.74. The van der Waals surface area contributed by atoms with Crippen molar-refractivity contribution >= 4 is 17.5 Å². The van der Waals surface area contributed by atoms with Crippen LogP contribution in [-0.4, -0.2) is 28.5 Å². The fraction of sp³-hybridized carbons (Fsp3) is 0.500. The number of para-hydroxylation sites is 1. The molecule has 1 amide bonds. The molecule has 0 radical (unpaired) electrons. The second kappa shape index (κ2) is 8.07. The summed E-state index contributed by atoms with van der Waals surface area (Å²) in [5, 5.41) is 3.49. The summed E-state index contributed by atoms with van der Waals surface area (Å²) in [6.07, 6.45) is 9.44. The quantitative estimate of drug-likeness (QED) is 0.814. The summed E-state index contributed by atoms with van der Waals surface area (Å²) in [6, 6.07) is 10.4. The summed E-state index contributed by atoms with van der Waals surface area (Å²) in [5.74, 6) is 0.562. The van der Waals surface area contributed by atoms with Gasteiger partial charge in [-0.3, -0.25) is 4.79 Å². The van der Waals surface area contributed by atoms with E-state index in [1.165, 1.54) is 31.2 Å². The molecule has 1 N–H and O–H groups in total. The number of fused-ring (bicyclic) bond motifs is 1. The average Bonchev–Trinajstić information content (AvgIpc) is 2.95. The molecule has 1 aliphatic carbocycles. The van der Waals surface area contributed by atoms with E-state index in [-0.39, 0.29) is 5.91 Å². The molecule has 1 saturated carbocycles. The standard InChI is InChI=1S/C22H28N4O/c1-16-15-19(25-22(23-16)24-18-11-4-2-3-5-12-18)21(27)26-14-8-10-17-9-6-7-13-20(17)26/h6-7,9,13,15,18H,2-5,8,10-12,14H2,1H3,(H,23,24,25). The summed E-state index contributed by atoms with van der Waals surface area (Å²) < 4.78 is 0. The Balaban J connectivity index is 1.57. The number of hydrogen-bond acceptors (Lipinski definition) is 4. The number of aryl methyl sites for hydroxylation is 2. The van der Waals surface area contributed by atoms with E-state index in [4.69, 9.17) is 0 Å². The van der Waals surface area contributed by atoms with Crippen LogP contribution in [0.15, 0.2) is 30.3 Å². The van der Waals surface area contributed by atoms with Crippen LogP contribution in [0.25, 0.3) is 0 Å². The molecule has 2 aromatic rings. The first-order chi connectivity index (χ1) is 13.2. The average molecular weight is 364 g/mol. The van der Waals surface area contributed by atoms with Gasteiger partial charge in [0.15, 0.2) is 0 Å². The van der Waals surface area contributed by atoms with Gasteiger partial charge in [-0.1, -0.05) is 43.9 Å². The number of rotatable bonds is 3. The lowest BCUT2D eigenvalue weighted by atomic mass is 10.0. The highest BCUT2D eigenvalue weighted by Gasteiger charge is 2.25. The van der Waals surface area contributed by atoms with Gasteiger partial charge in [-0.15, -0.1) is 0 Å². The second-order valence-corrected chi connectivity index (χ2v) is 7.74. The van der Waals surface area contributed by atoms with Crippen molar-refractivity contribution in [1.29, 1.82) is 0 Å². The molecule has 1 fully saturated rings. The molecule has 2 aliphatic rings. The van der Waals surface area contributed by atoms with Gasteiger partial charge in [0.25, 0.3) is 5.91 Å². The molecule has 1 aromatic carbocycles. The molecule has 0 bridgehead atoms. The Morgan fingerprint density at radius 3 is 2.67 bits per heavy atom. The normalized spacial score (nSPS) is 17.9. The van der Waals surface area contributed by atoms with Crippen molar-refractivity contribution in [2.45, 2.75) is 64.3 Å². The molecule has 2 heterocycles. The summed E-state index contributed by atoms with van der Waals surface area (Å²) in [6.45, 7) is 2.67. The smallest absolute Gasteiger partial charge is 0.277 e. The van der Waals surface area contributed by atoms with Gasteiger partial charge in [-0.2, -0.15) is 0 Å². The van der Waals surface area contributed by atoms with Gasteiger partial charge in [0.1, 0.15) is 5.69 Å². The lowest BCUT2D eigenvalue weighted by Crippen LogP contribution is -2.36. The lowest BCUT2D eigenvalue weighted by molar-refractivity contribution is 0.0980. The summed E-state index contributed by atoms with van der Waals surface area (Å²) >= 11 is 0. The molecule has 27 heavy (non-hydrogen) atoms. The Hall–Kier alpha value is -2.43. The highest BCUT2D eigenvalue weighted by molar-refractivity contribution is 6.05. The van der Waals surface area contributed by atoms with Crippen molar-refractivity contribution in [2.24, 2.45) is 0 Å². The molecule has 1 aliphatic heterocycles. The Morgan fingerprint density at radius 1 is 1.07 bits per heavy atom. The van der Waals surface area contributed by atoms with Crippen LogP contribution in [0.3, 0.4) is 0 Å². The van der Waals surface area contributed by atoms with Crippen molar-refractivity contribution in [3.8, 4) is 0 Å². The van der Waals surface area contributed by atoms with Crippen LogP contribution < -0.4 is 10.2 Å². The fourth-order valence-electron chi connectivity index (χ4n) is 4.23. The molecule has 142 valence electrons. The van der Waals surface area contributed by atoms with Crippen LogP contribution in [0.4, 0.5) is 11.6 Å². The Morgan fingerprint density at radius 2 is 1.85 bits per heavy atom. The lowest BCUT2D eigenvalue weighted by Gasteiger charge is -2.29. The third-order valence-electron chi connectivity index (χ3n) is 5.62. The zero-order valence-electron chi connectivity index (χ0n) is 16.1. The largest absolute Gasteiger partial charge is 0.351 e. The highest BCUT2D eigenvalue weighted by atomic mass is 16.2. The van der Waals surface area contributed by atoms with Gasteiger partial charge >= 0.3 is 0 Å². The van der Waals surface area contributed by atoms with E-state index < -0.39 is 0 Å². The number of amides is 1. The topological polar surface area (TPSA) is 58.1 Å². The molecule has 5 nitrogen and oxygen atoms in total. The third-order valence-corrected chi connectivity index (χ3v) is 5.62. The number of carbonyl (C=O) groups excluding carboxylic acids is 1. The monoisotopic (exact) mass is 364 g/mol. The zero-order chi connectivity index (χ0) is 18.6. The molecule has 1 aromatic heterocycles. The Kier molecular flexibility index (Phi) is 5.37. The number of nitrogens with zero attached hydrogens (tertiary/aromatic N) is 3. The van der Waals surface area contributed by atoms with Crippen molar-refractivity contribution < 1.29 is 4.79 Å². The first-order valence-electron chi connectivity index (χ1n) is 10.2. The molecular weight excluding hydrogens is 336 g/mol. The minimum absolute atomic E-state index is 0.0310. The first kappa shape index (κ1) is 18.0. The molecule has 5 heteroatoms. The van der Waals surface area contributed by atoms with Crippen LogP contribution in [0.1, 0.15) is 66.7 Å². The highest BCUT2D eigenvalue weighted by Crippen LogP contribution is 2.28. The van der Waals surface area contributed by atoms with E-state index in [0.717, 1.165) is 43.6 Å². The predicted octanol–water partition coefficient (Wildman–Crippen LogP) is 4.51. The molecule has 0 unspecified atom stereocenters. The van der Waals surface area contributed by atoms with Crippen LogP contribution in [-0.2, 0) is 6.42 Å². The van der Waals surface area contributed by atoms with Gasteiger partial charge in [0.05, 0.1) is 0 Å². The maximum absolute atomic E-state index is 13.2. The number of carbonyl (C=O) groups is 1. The Bertz CT molecular complexity index is 812. The fourth-order valence-corrected chi connectivity index (χ4v) is 4.23. The van der Waals surface area contributed by atoms with Crippen molar-refractivity contribution in [3.63, 3.8) is 0 Å². The van der Waals surface area contributed by atoms with Crippen molar-refractivity contribution in [3.05, 3.63) is 47.3 Å². The SMILES string of the molecule is Cc1cc(C(=O)N2CCCc3ccccc32)nc(NC2CCCCCC2)n1. The Labute approximate surface area is 161 Å². The van der Waals surface area contributed by atoms with E-state index in [2.05, 4.69) is 21.4 Å². The number of anilines is 2. The zero-order valence-corrected chi connectivity index (χ0v) is 16.1. The summed E-state index contributed by atoms with van der Waals surface area (Å²) in [5.41, 5.74) is 3.56. The third kappa shape index (κ3) is 4.12. The minimum Gasteiger partial charge on any atom is -0.351 e. The van der Waals surface area contributed by atoms with E-state index in [1.54, 1.807) is 6.07 Å². The van der Waals surface area contributed by atoms with E-state index in [1.807, 2.05) is 30.0 Å². The van der Waals surface area contributed by atoms with Crippen molar-refractivity contribution in [2.75, 3.05) is 16.8 Å². The summed E-state index contributed by atoms with van der Waals surface area (Å²) in [4.78, 5) is 24.2. The maximum atomic E-state index is 13.2. The van der Waals surface area contributed by atoms with Crippen molar-refractivity contribution in [1.82, 2.24) is 9.97 Å². The number of hydrogen-bond donors (Lipinski definition) is 1. The molecule has 0 spiro atoms. The molecule has 0 saturated heterocycles. The molecular formula is C22H28N4O. The minimum atomic E-state index is -0.0310. The van der Waals surface area contributed by atoms with E-state index in [0.29, 0.717) is 17.7 Å². The van der Waals surface area contributed by atoms with E-state index >= 15 is 0 Å². The van der Waals surface area contributed by atoms with E-state index in [9.17, 15) is 4.79 Å². The summed E-state index contributed by atoms with van der Waals surface area (Å²) in [7, 11) is 0. The van der Waals surface area contributed by atoms with Crippen LogP contribution >= 0.6 is 0 Å². The number of benzene rings is 1. The van der Waals surface area contributed by atoms with Crippen LogP contribution in [0, 0.1) is 6.92 Å². The van der Waals surface area contributed by atoms with Gasteiger partial charge in [0, 0.05) is 24.0 Å². The van der Waals surface area contributed by atoms with Crippen LogP contribution in [0.5, 0.6) is 0 Å². The van der Waals surface area contributed by atoms with Gasteiger partial charge < -0.3 is 10.2 Å². The number of aromatic nitrogens is 2. The van der Waals surface area contributed by atoms with Gasteiger partial charge in [0.2, 0.25) is 5.95 Å². The number of nitrogens with one attached hydrogen (secondary N) is 1. The molecule has 0 atom stereocenters. The maximum Gasteiger partial charge on any atom is 0.277 e. The van der Waals surface area contributed by atoms with Gasteiger partial charge in [-0.05, 0) is 50.3 Å².